The molecule has 160 valence electrons. The van der Waals surface area contributed by atoms with Gasteiger partial charge in [-0.3, -0.25) is 4.99 Å². The standard InChI is InChI=1S/C21H29N3O3S.HI/c1-17-10-11-19(20(14-17)27-3)15-24-21(22-2)23-12-7-13-28(25,26)16-18-8-5-4-6-9-18;/h4-6,8-11,14H,7,12-13,15-16H2,1-3H3,(H2,22,23,24);1H. The molecule has 0 spiro atoms. The SMILES string of the molecule is CN=C(NCCCS(=O)(=O)Cc1ccccc1)NCc1ccc(C)cc1OC.I. The third kappa shape index (κ3) is 9.03. The number of ether oxygens (including phenoxy) is 1. The number of benzene rings is 2. The Morgan fingerprint density at radius 1 is 1.10 bits per heavy atom. The predicted molar refractivity (Wildman–Crippen MR) is 130 cm³/mol. The Hall–Kier alpha value is -1.81. The molecule has 6 nitrogen and oxygen atoms in total. The lowest BCUT2D eigenvalue weighted by Crippen LogP contribution is -2.37. The predicted octanol–water partition coefficient (Wildman–Crippen LogP) is 3.29. The third-order valence-corrected chi connectivity index (χ3v) is 5.95. The molecule has 0 saturated heterocycles. The van der Waals surface area contributed by atoms with Crippen molar-refractivity contribution in [2.24, 2.45) is 4.99 Å². The number of rotatable bonds is 9. The van der Waals surface area contributed by atoms with Crippen molar-refractivity contribution < 1.29 is 13.2 Å². The largest absolute Gasteiger partial charge is 0.496 e. The molecule has 0 aliphatic heterocycles. The number of aliphatic imine (C=N–C) groups is 1. The molecular formula is C21H30IN3O3S. The van der Waals surface area contributed by atoms with Crippen LogP contribution in [-0.2, 0) is 22.1 Å². The van der Waals surface area contributed by atoms with Gasteiger partial charge in [-0.05, 0) is 30.5 Å². The average Bonchev–Trinajstić information content (AvgIpc) is 2.68. The Labute approximate surface area is 191 Å². The number of halogens is 1. The summed E-state index contributed by atoms with van der Waals surface area (Å²) in [5.41, 5.74) is 2.99. The van der Waals surface area contributed by atoms with Crippen molar-refractivity contribution in [2.45, 2.75) is 25.6 Å². The second kappa shape index (κ2) is 12.7. The van der Waals surface area contributed by atoms with Gasteiger partial charge in [-0.15, -0.1) is 24.0 Å². The summed E-state index contributed by atoms with van der Waals surface area (Å²) in [6.07, 6.45) is 0.518. The lowest BCUT2D eigenvalue weighted by Gasteiger charge is -2.14. The summed E-state index contributed by atoms with van der Waals surface area (Å²) in [5.74, 6) is 1.67. The molecule has 0 unspecified atom stereocenters. The van der Waals surface area contributed by atoms with Gasteiger partial charge in [0.25, 0.3) is 0 Å². The second-order valence-corrected chi connectivity index (χ2v) is 8.78. The molecule has 0 heterocycles. The fraction of sp³-hybridized carbons (Fsp3) is 0.381. The van der Waals surface area contributed by atoms with Gasteiger partial charge in [-0.25, -0.2) is 8.42 Å². The van der Waals surface area contributed by atoms with E-state index in [2.05, 4.69) is 15.6 Å². The molecule has 29 heavy (non-hydrogen) atoms. The van der Waals surface area contributed by atoms with E-state index in [0.29, 0.717) is 25.5 Å². The Morgan fingerprint density at radius 2 is 1.83 bits per heavy atom. The molecule has 2 aromatic rings. The van der Waals surface area contributed by atoms with E-state index in [1.165, 1.54) is 0 Å². The van der Waals surface area contributed by atoms with Crippen LogP contribution in [0.2, 0.25) is 0 Å². The minimum Gasteiger partial charge on any atom is -0.496 e. The fourth-order valence-electron chi connectivity index (χ4n) is 2.80. The van der Waals surface area contributed by atoms with E-state index in [1.807, 2.05) is 55.5 Å². The summed E-state index contributed by atoms with van der Waals surface area (Å²) in [7, 11) is 0.218. The number of nitrogens with zero attached hydrogens (tertiary/aromatic N) is 1. The van der Waals surface area contributed by atoms with Crippen LogP contribution < -0.4 is 15.4 Å². The van der Waals surface area contributed by atoms with Crippen molar-refractivity contribution in [3.8, 4) is 5.75 Å². The van der Waals surface area contributed by atoms with Gasteiger partial charge in [0.1, 0.15) is 5.75 Å². The fourth-order valence-corrected chi connectivity index (χ4v) is 4.23. The number of aryl methyl sites for hydroxylation is 1. The summed E-state index contributed by atoms with van der Waals surface area (Å²) < 4.78 is 29.9. The minimum absolute atomic E-state index is 0. The number of hydrogen-bond donors (Lipinski definition) is 2. The molecule has 0 aliphatic rings. The highest BCUT2D eigenvalue weighted by molar-refractivity contribution is 14.0. The van der Waals surface area contributed by atoms with Gasteiger partial charge >= 0.3 is 0 Å². The van der Waals surface area contributed by atoms with Gasteiger partial charge in [0.05, 0.1) is 18.6 Å². The Bertz CT molecular complexity index is 887. The first kappa shape index (κ1) is 25.2. The van der Waals surface area contributed by atoms with Gasteiger partial charge in [-0.1, -0.05) is 42.5 Å². The van der Waals surface area contributed by atoms with E-state index in [0.717, 1.165) is 22.4 Å². The first-order valence-corrected chi connectivity index (χ1v) is 11.1. The number of nitrogens with one attached hydrogen (secondary N) is 2. The molecule has 0 aliphatic carbocycles. The number of methoxy groups -OCH3 is 1. The van der Waals surface area contributed by atoms with Crippen LogP contribution in [0.3, 0.4) is 0 Å². The lowest BCUT2D eigenvalue weighted by molar-refractivity contribution is 0.408. The molecule has 0 fully saturated rings. The maximum atomic E-state index is 12.2. The van der Waals surface area contributed by atoms with Gasteiger partial charge in [-0.2, -0.15) is 0 Å². The number of sulfone groups is 1. The molecule has 0 saturated carbocycles. The summed E-state index contributed by atoms with van der Waals surface area (Å²) in [4.78, 5) is 4.18. The zero-order valence-corrected chi connectivity index (χ0v) is 20.3. The normalized spacial score (nSPS) is 11.5. The number of guanidine groups is 1. The first-order chi connectivity index (χ1) is 13.4. The van der Waals surface area contributed by atoms with Gasteiger partial charge in [0, 0.05) is 25.7 Å². The van der Waals surface area contributed by atoms with Crippen LogP contribution in [0, 0.1) is 6.92 Å². The van der Waals surface area contributed by atoms with Crippen LogP contribution in [0.5, 0.6) is 5.75 Å². The van der Waals surface area contributed by atoms with Crippen molar-refractivity contribution in [3.63, 3.8) is 0 Å². The van der Waals surface area contributed by atoms with E-state index < -0.39 is 9.84 Å². The van der Waals surface area contributed by atoms with E-state index in [4.69, 9.17) is 4.74 Å². The Balaban J connectivity index is 0.00000420. The highest BCUT2D eigenvalue weighted by Crippen LogP contribution is 2.19. The maximum Gasteiger partial charge on any atom is 0.191 e. The number of hydrogen-bond acceptors (Lipinski definition) is 4. The molecule has 2 rings (SSSR count). The quantitative estimate of drug-likeness (QED) is 0.225. The summed E-state index contributed by atoms with van der Waals surface area (Å²) >= 11 is 0. The van der Waals surface area contributed by atoms with E-state index in [-0.39, 0.29) is 35.5 Å². The van der Waals surface area contributed by atoms with Crippen LogP contribution in [0.1, 0.15) is 23.1 Å². The van der Waals surface area contributed by atoms with Crippen LogP contribution in [0.4, 0.5) is 0 Å². The molecule has 0 bridgehead atoms. The Kier molecular flexibility index (Phi) is 11.0. The van der Waals surface area contributed by atoms with E-state index in [9.17, 15) is 8.42 Å². The minimum atomic E-state index is -3.12. The van der Waals surface area contributed by atoms with Gasteiger partial charge < -0.3 is 15.4 Å². The molecule has 2 aromatic carbocycles. The van der Waals surface area contributed by atoms with Crippen LogP contribution in [-0.4, -0.2) is 40.8 Å². The monoisotopic (exact) mass is 531 g/mol. The lowest BCUT2D eigenvalue weighted by atomic mass is 10.1. The molecular weight excluding hydrogens is 501 g/mol. The Morgan fingerprint density at radius 3 is 2.48 bits per heavy atom. The van der Waals surface area contributed by atoms with Crippen LogP contribution in [0.15, 0.2) is 53.5 Å². The smallest absolute Gasteiger partial charge is 0.191 e. The van der Waals surface area contributed by atoms with Crippen molar-refractivity contribution in [3.05, 3.63) is 65.2 Å². The van der Waals surface area contributed by atoms with Crippen molar-refractivity contribution in [1.29, 1.82) is 0 Å². The zero-order chi connectivity index (χ0) is 20.4. The van der Waals surface area contributed by atoms with Crippen LogP contribution in [0.25, 0.3) is 0 Å². The zero-order valence-electron chi connectivity index (χ0n) is 17.1. The van der Waals surface area contributed by atoms with E-state index >= 15 is 0 Å². The third-order valence-electron chi connectivity index (χ3n) is 4.27. The molecule has 0 radical (unpaired) electrons. The summed E-state index contributed by atoms with van der Waals surface area (Å²) in [6, 6.07) is 15.3. The topological polar surface area (TPSA) is 79.8 Å². The van der Waals surface area contributed by atoms with Crippen molar-refractivity contribution in [1.82, 2.24) is 10.6 Å². The summed E-state index contributed by atoms with van der Waals surface area (Å²) in [6.45, 7) is 3.11. The highest BCUT2D eigenvalue weighted by atomic mass is 127. The van der Waals surface area contributed by atoms with E-state index in [1.54, 1.807) is 14.2 Å². The molecule has 2 N–H and O–H groups in total. The highest BCUT2D eigenvalue weighted by Gasteiger charge is 2.11. The maximum absolute atomic E-state index is 12.2. The van der Waals surface area contributed by atoms with Crippen LogP contribution >= 0.6 is 24.0 Å². The first-order valence-electron chi connectivity index (χ1n) is 9.26. The molecule has 0 aromatic heterocycles. The van der Waals surface area contributed by atoms with Crippen molar-refractivity contribution >= 4 is 39.8 Å². The van der Waals surface area contributed by atoms with Crippen molar-refractivity contribution in [2.75, 3.05) is 26.5 Å². The molecule has 0 atom stereocenters. The average molecular weight is 531 g/mol. The molecule has 8 heteroatoms. The van der Waals surface area contributed by atoms with Gasteiger partial charge in [0.2, 0.25) is 0 Å². The second-order valence-electron chi connectivity index (χ2n) is 6.60. The van der Waals surface area contributed by atoms with Gasteiger partial charge in [0.15, 0.2) is 15.8 Å². The summed E-state index contributed by atoms with van der Waals surface area (Å²) in [5, 5.41) is 6.39. The molecule has 0 amide bonds.